The number of hydrogen-bond acceptors (Lipinski definition) is 5. The number of carbonyl (C=O) groups excluding carboxylic acids is 2. The Morgan fingerprint density at radius 1 is 1.03 bits per heavy atom. The third-order valence-corrected chi connectivity index (χ3v) is 5.34. The monoisotopic (exact) mass is 430 g/mol. The van der Waals surface area contributed by atoms with Gasteiger partial charge in [-0.1, -0.05) is 43.2 Å². The molecule has 30 heavy (non-hydrogen) atoms. The lowest BCUT2D eigenvalue weighted by Gasteiger charge is -2.10. The second-order valence-electron chi connectivity index (χ2n) is 6.77. The normalized spacial score (nSPS) is 11.6. The maximum Gasteiger partial charge on any atom is 0.339 e. The second kappa shape index (κ2) is 10.6. The number of carbonyl (C=O) groups is 2. The van der Waals surface area contributed by atoms with Crippen molar-refractivity contribution in [2.45, 2.75) is 38.5 Å². The zero-order valence-corrected chi connectivity index (χ0v) is 18.1. The molecule has 0 aromatic heterocycles. The smallest absolute Gasteiger partial charge is 0.339 e. The summed E-state index contributed by atoms with van der Waals surface area (Å²) in [5.41, 5.74) is 1.66. The number of rotatable bonds is 9. The first kappa shape index (κ1) is 23.2. The standard InChI is InChI=1S/C22H26N2O5S/c1-4-5-14-23-22(26)21(24-17(3)25)15-18-8-10-19(11-9-18)29-30(27,28)20-12-6-16(2)7-13-20/h6-13,15H,4-5,14H2,1-3H3,(H,23,26)(H,24,25)/b21-15-. The van der Waals surface area contributed by atoms with Crippen LogP contribution < -0.4 is 14.8 Å². The van der Waals surface area contributed by atoms with E-state index in [9.17, 15) is 18.0 Å². The van der Waals surface area contributed by atoms with E-state index in [2.05, 4.69) is 10.6 Å². The minimum absolute atomic E-state index is 0.0637. The molecular weight excluding hydrogens is 404 g/mol. The molecule has 0 radical (unpaired) electrons. The molecule has 0 aliphatic carbocycles. The summed E-state index contributed by atoms with van der Waals surface area (Å²) >= 11 is 0. The van der Waals surface area contributed by atoms with Crippen molar-refractivity contribution in [2.24, 2.45) is 0 Å². The van der Waals surface area contributed by atoms with Crippen molar-refractivity contribution in [3.63, 3.8) is 0 Å². The molecule has 8 heteroatoms. The van der Waals surface area contributed by atoms with Crippen molar-refractivity contribution >= 4 is 28.0 Å². The molecule has 0 heterocycles. The van der Waals surface area contributed by atoms with Crippen LogP contribution in [0.25, 0.3) is 6.08 Å². The lowest BCUT2D eigenvalue weighted by atomic mass is 10.1. The molecule has 0 aliphatic rings. The van der Waals surface area contributed by atoms with Crippen LogP contribution in [0.2, 0.25) is 0 Å². The van der Waals surface area contributed by atoms with Crippen molar-refractivity contribution in [1.29, 1.82) is 0 Å². The number of nitrogens with one attached hydrogen (secondary N) is 2. The van der Waals surface area contributed by atoms with Crippen molar-refractivity contribution in [1.82, 2.24) is 10.6 Å². The Hall–Kier alpha value is -3.13. The van der Waals surface area contributed by atoms with Crippen LogP contribution in [-0.2, 0) is 19.7 Å². The van der Waals surface area contributed by atoms with Crippen molar-refractivity contribution in [2.75, 3.05) is 6.54 Å². The average Bonchev–Trinajstić information content (AvgIpc) is 2.69. The van der Waals surface area contributed by atoms with Crippen molar-refractivity contribution in [3.8, 4) is 5.75 Å². The number of amides is 2. The van der Waals surface area contributed by atoms with E-state index in [-0.39, 0.29) is 28.2 Å². The number of aryl methyl sites for hydroxylation is 1. The highest BCUT2D eigenvalue weighted by atomic mass is 32.2. The number of benzene rings is 2. The topological polar surface area (TPSA) is 102 Å². The Bertz CT molecular complexity index is 1010. The predicted molar refractivity (Wildman–Crippen MR) is 115 cm³/mol. The first-order valence-electron chi connectivity index (χ1n) is 9.60. The molecule has 2 aromatic carbocycles. The molecule has 0 unspecified atom stereocenters. The molecule has 2 amide bonds. The molecular formula is C22H26N2O5S. The van der Waals surface area contributed by atoms with Gasteiger partial charge in [-0.15, -0.1) is 0 Å². The SMILES string of the molecule is CCCCNC(=O)/C(=C/c1ccc(OS(=O)(=O)c2ccc(C)cc2)cc1)NC(C)=O. The Labute approximate surface area is 177 Å². The van der Waals surface area contributed by atoms with Crippen LogP contribution in [0.5, 0.6) is 5.75 Å². The molecule has 2 rings (SSSR count). The summed E-state index contributed by atoms with van der Waals surface area (Å²) in [6.07, 6.45) is 3.29. The van der Waals surface area contributed by atoms with Crippen LogP contribution in [0.4, 0.5) is 0 Å². The Kier molecular flexibility index (Phi) is 8.17. The predicted octanol–water partition coefficient (Wildman–Crippen LogP) is 3.16. The first-order chi connectivity index (χ1) is 14.2. The maximum atomic E-state index is 12.4. The van der Waals surface area contributed by atoms with E-state index in [1.54, 1.807) is 24.3 Å². The molecule has 2 aromatic rings. The van der Waals surface area contributed by atoms with E-state index in [0.29, 0.717) is 12.1 Å². The summed E-state index contributed by atoms with van der Waals surface area (Å²) in [6, 6.07) is 12.5. The van der Waals surface area contributed by atoms with Gasteiger partial charge in [-0.25, -0.2) is 0 Å². The summed E-state index contributed by atoms with van der Waals surface area (Å²) < 4.78 is 29.9. The lowest BCUT2D eigenvalue weighted by Crippen LogP contribution is -2.34. The Balaban J connectivity index is 2.16. The third-order valence-electron chi connectivity index (χ3n) is 4.08. The minimum Gasteiger partial charge on any atom is -0.379 e. The summed E-state index contributed by atoms with van der Waals surface area (Å²) in [5, 5.41) is 5.26. The molecule has 0 saturated heterocycles. The van der Waals surface area contributed by atoms with Gasteiger partial charge in [0.05, 0.1) is 0 Å². The molecule has 0 aliphatic heterocycles. The molecule has 0 saturated carbocycles. The van der Waals surface area contributed by atoms with Crippen LogP contribution in [0, 0.1) is 6.92 Å². The van der Waals surface area contributed by atoms with Gasteiger partial charge in [-0.3, -0.25) is 9.59 Å². The summed E-state index contributed by atoms with van der Waals surface area (Å²) in [6.45, 7) is 5.71. The van der Waals surface area contributed by atoms with Gasteiger partial charge in [-0.05, 0) is 49.2 Å². The zero-order chi connectivity index (χ0) is 22.1. The van der Waals surface area contributed by atoms with Gasteiger partial charge in [0, 0.05) is 13.5 Å². The van der Waals surface area contributed by atoms with E-state index >= 15 is 0 Å². The zero-order valence-electron chi connectivity index (χ0n) is 17.3. The highest BCUT2D eigenvalue weighted by Gasteiger charge is 2.16. The van der Waals surface area contributed by atoms with Gasteiger partial charge in [0.15, 0.2) is 0 Å². The van der Waals surface area contributed by atoms with Crippen LogP contribution in [0.3, 0.4) is 0 Å². The molecule has 160 valence electrons. The fourth-order valence-corrected chi connectivity index (χ4v) is 3.42. The largest absolute Gasteiger partial charge is 0.379 e. The van der Waals surface area contributed by atoms with Gasteiger partial charge < -0.3 is 14.8 Å². The van der Waals surface area contributed by atoms with E-state index in [1.165, 1.54) is 37.3 Å². The second-order valence-corrected chi connectivity index (χ2v) is 8.31. The quantitative estimate of drug-likeness (QED) is 0.361. The lowest BCUT2D eigenvalue weighted by molar-refractivity contribution is -0.122. The Morgan fingerprint density at radius 3 is 2.23 bits per heavy atom. The molecule has 0 bridgehead atoms. The molecule has 0 spiro atoms. The van der Waals surface area contributed by atoms with E-state index in [4.69, 9.17) is 4.18 Å². The average molecular weight is 431 g/mol. The van der Waals surface area contributed by atoms with Gasteiger partial charge in [-0.2, -0.15) is 8.42 Å². The summed E-state index contributed by atoms with van der Waals surface area (Å²) in [7, 11) is -3.94. The van der Waals surface area contributed by atoms with Crippen LogP contribution in [0.1, 0.15) is 37.8 Å². The summed E-state index contributed by atoms with van der Waals surface area (Å²) in [4.78, 5) is 23.8. The van der Waals surface area contributed by atoms with Gasteiger partial charge in [0.1, 0.15) is 16.3 Å². The minimum atomic E-state index is -3.94. The fraction of sp³-hybridized carbons (Fsp3) is 0.273. The van der Waals surface area contributed by atoms with E-state index in [0.717, 1.165) is 18.4 Å². The van der Waals surface area contributed by atoms with Gasteiger partial charge in [0.2, 0.25) is 5.91 Å². The van der Waals surface area contributed by atoms with E-state index < -0.39 is 10.1 Å². The fourth-order valence-electron chi connectivity index (χ4n) is 2.49. The van der Waals surface area contributed by atoms with Crippen LogP contribution in [-0.4, -0.2) is 26.8 Å². The van der Waals surface area contributed by atoms with Gasteiger partial charge in [0.25, 0.3) is 5.91 Å². The maximum absolute atomic E-state index is 12.4. The van der Waals surface area contributed by atoms with Crippen molar-refractivity contribution in [3.05, 3.63) is 65.4 Å². The van der Waals surface area contributed by atoms with Gasteiger partial charge >= 0.3 is 10.1 Å². The van der Waals surface area contributed by atoms with Crippen LogP contribution in [0.15, 0.2) is 59.1 Å². The van der Waals surface area contributed by atoms with Crippen molar-refractivity contribution < 1.29 is 22.2 Å². The highest BCUT2D eigenvalue weighted by molar-refractivity contribution is 7.87. The number of unbranched alkanes of at least 4 members (excludes halogenated alkanes) is 1. The molecule has 0 atom stereocenters. The van der Waals surface area contributed by atoms with E-state index in [1.807, 2.05) is 13.8 Å². The van der Waals surface area contributed by atoms with Crippen LogP contribution >= 0.6 is 0 Å². The molecule has 0 fully saturated rings. The Morgan fingerprint density at radius 2 is 1.67 bits per heavy atom. The number of hydrogen-bond donors (Lipinski definition) is 2. The highest BCUT2D eigenvalue weighted by Crippen LogP contribution is 2.20. The third kappa shape index (κ3) is 7.04. The summed E-state index contributed by atoms with van der Waals surface area (Å²) in [5.74, 6) is -0.613. The molecule has 2 N–H and O–H groups in total. The first-order valence-corrected chi connectivity index (χ1v) is 11.0. The molecule has 7 nitrogen and oxygen atoms in total.